The Bertz CT molecular complexity index is 333. The van der Waals surface area contributed by atoms with Crippen LogP contribution in [0.5, 0.6) is 5.75 Å². The number of methoxy groups -OCH3 is 1. The quantitative estimate of drug-likeness (QED) is 0.854. The second-order valence-electron chi connectivity index (χ2n) is 2.47. The largest absolute Gasteiger partial charge is 0.493 e. The van der Waals surface area contributed by atoms with Crippen LogP contribution >= 0.6 is 11.6 Å². The number of hydrogen-bond donors (Lipinski definition) is 1. The van der Waals surface area contributed by atoms with Gasteiger partial charge in [-0.1, -0.05) is 11.6 Å². The average Bonchev–Trinajstić information content (AvgIpc) is 2.17. The summed E-state index contributed by atoms with van der Waals surface area (Å²) in [6.07, 6.45) is -1.65. The topological polar surface area (TPSA) is 42.4 Å². The number of hydrogen-bond acceptors (Lipinski definition) is 3. The highest BCUT2D eigenvalue weighted by molar-refractivity contribution is 6.32. The normalized spacial score (nSPS) is 10.7. The molecule has 0 unspecified atom stereocenters. The van der Waals surface area contributed by atoms with E-state index >= 15 is 0 Å². The van der Waals surface area contributed by atoms with Crippen LogP contribution < -0.4 is 4.74 Å². The molecule has 1 N–H and O–H groups in total. The predicted molar refractivity (Wildman–Crippen MR) is 46.7 cm³/mol. The molecule has 0 aliphatic carbocycles. The number of alkyl halides is 2. The Balaban J connectivity index is 3.28. The van der Waals surface area contributed by atoms with E-state index in [4.69, 9.17) is 21.4 Å². The fourth-order valence-electron chi connectivity index (χ4n) is 0.981. The molecule has 0 aliphatic rings. The van der Waals surface area contributed by atoms with Gasteiger partial charge in [0.25, 0.3) is 6.43 Å². The van der Waals surface area contributed by atoms with Crippen molar-refractivity contribution in [1.82, 2.24) is 4.98 Å². The number of halogens is 3. The Kier molecular flexibility index (Phi) is 3.60. The maximum atomic E-state index is 12.4. The number of aliphatic hydroxyl groups is 1. The van der Waals surface area contributed by atoms with E-state index in [9.17, 15) is 8.78 Å². The highest BCUT2D eigenvalue weighted by atomic mass is 35.5. The first kappa shape index (κ1) is 11.1. The molecule has 0 amide bonds. The Labute approximate surface area is 84.3 Å². The smallest absolute Gasteiger partial charge is 0.284 e. The van der Waals surface area contributed by atoms with E-state index < -0.39 is 12.1 Å². The van der Waals surface area contributed by atoms with Crippen molar-refractivity contribution < 1.29 is 18.6 Å². The van der Waals surface area contributed by atoms with Gasteiger partial charge in [0.1, 0.15) is 5.69 Å². The van der Waals surface area contributed by atoms with Crippen LogP contribution in [0.15, 0.2) is 6.20 Å². The first-order valence-electron chi connectivity index (χ1n) is 3.72. The van der Waals surface area contributed by atoms with Gasteiger partial charge in [-0.3, -0.25) is 4.98 Å². The maximum Gasteiger partial charge on any atom is 0.284 e. The van der Waals surface area contributed by atoms with Crippen molar-refractivity contribution in [3.8, 4) is 5.75 Å². The highest BCUT2D eigenvalue weighted by Gasteiger charge is 2.20. The Hall–Kier alpha value is -0.940. The number of rotatable bonds is 3. The lowest BCUT2D eigenvalue weighted by Crippen LogP contribution is -2.00. The third kappa shape index (κ3) is 1.93. The summed E-state index contributed by atoms with van der Waals surface area (Å²) < 4.78 is 29.4. The van der Waals surface area contributed by atoms with E-state index in [1.165, 1.54) is 7.11 Å². The van der Waals surface area contributed by atoms with E-state index in [1.807, 2.05) is 0 Å². The lowest BCUT2D eigenvalue weighted by Gasteiger charge is -2.10. The van der Waals surface area contributed by atoms with Crippen molar-refractivity contribution in [2.24, 2.45) is 0 Å². The van der Waals surface area contributed by atoms with Crippen molar-refractivity contribution in [2.45, 2.75) is 13.0 Å². The molecule has 0 bridgehead atoms. The van der Waals surface area contributed by atoms with Gasteiger partial charge in [-0.15, -0.1) is 0 Å². The van der Waals surface area contributed by atoms with Gasteiger partial charge in [-0.05, 0) is 0 Å². The molecule has 3 nitrogen and oxygen atoms in total. The monoisotopic (exact) mass is 223 g/mol. The summed E-state index contributed by atoms with van der Waals surface area (Å²) in [5.41, 5.74) is -0.261. The molecular formula is C8H8ClF2NO2. The lowest BCUT2D eigenvalue weighted by atomic mass is 10.2. The van der Waals surface area contributed by atoms with E-state index in [0.29, 0.717) is 0 Å². The molecule has 0 aromatic carbocycles. The van der Waals surface area contributed by atoms with Gasteiger partial charge < -0.3 is 9.84 Å². The minimum atomic E-state index is -2.75. The zero-order valence-electron chi connectivity index (χ0n) is 7.30. The molecule has 0 spiro atoms. The average molecular weight is 224 g/mol. The fourth-order valence-corrected chi connectivity index (χ4v) is 1.26. The van der Waals surface area contributed by atoms with Crippen LogP contribution in [-0.4, -0.2) is 17.2 Å². The maximum absolute atomic E-state index is 12.4. The van der Waals surface area contributed by atoms with Gasteiger partial charge in [-0.25, -0.2) is 8.78 Å². The Morgan fingerprint density at radius 1 is 1.64 bits per heavy atom. The molecule has 0 aliphatic heterocycles. The summed E-state index contributed by atoms with van der Waals surface area (Å²) in [6.45, 7) is -0.369. The summed E-state index contributed by atoms with van der Waals surface area (Å²) in [5.74, 6) is -0.187. The molecule has 0 saturated heterocycles. The summed E-state index contributed by atoms with van der Waals surface area (Å²) >= 11 is 5.70. The van der Waals surface area contributed by atoms with Crippen LogP contribution in [0.2, 0.25) is 5.02 Å². The van der Waals surface area contributed by atoms with Crippen LogP contribution in [0, 0.1) is 0 Å². The van der Waals surface area contributed by atoms with Crippen LogP contribution in [0.4, 0.5) is 8.78 Å². The second kappa shape index (κ2) is 4.52. The standard InChI is InChI=1S/C8H8ClF2NO2/c1-14-7-5(9)4(3-13)2-12-6(7)8(10)11/h2,8,13H,3H2,1H3. The molecule has 1 heterocycles. The van der Waals surface area contributed by atoms with Gasteiger partial charge in [0.15, 0.2) is 5.75 Å². The van der Waals surface area contributed by atoms with E-state index in [0.717, 1.165) is 6.20 Å². The first-order chi connectivity index (χ1) is 6.61. The van der Waals surface area contributed by atoms with Crippen molar-refractivity contribution in [1.29, 1.82) is 0 Å². The van der Waals surface area contributed by atoms with Crippen LogP contribution in [0.1, 0.15) is 17.7 Å². The van der Waals surface area contributed by atoms with Crippen LogP contribution in [-0.2, 0) is 6.61 Å². The minimum Gasteiger partial charge on any atom is -0.493 e. The number of aromatic nitrogens is 1. The van der Waals surface area contributed by atoms with Gasteiger partial charge in [0.05, 0.1) is 18.7 Å². The van der Waals surface area contributed by atoms with Crippen molar-refractivity contribution >= 4 is 11.6 Å². The molecule has 0 fully saturated rings. The number of ether oxygens (including phenoxy) is 1. The van der Waals surface area contributed by atoms with Crippen molar-refractivity contribution in [3.63, 3.8) is 0 Å². The molecule has 0 saturated carbocycles. The van der Waals surface area contributed by atoms with Crippen molar-refractivity contribution in [2.75, 3.05) is 7.11 Å². The Morgan fingerprint density at radius 2 is 2.29 bits per heavy atom. The summed E-state index contributed by atoms with van der Waals surface area (Å²) in [6, 6.07) is 0. The molecular weight excluding hydrogens is 216 g/mol. The zero-order valence-corrected chi connectivity index (χ0v) is 8.05. The molecule has 14 heavy (non-hydrogen) atoms. The van der Waals surface area contributed by atoms with Gasteiger partial charge in [0.2, 0.25) is 0 Å². The third-order valence-corrected chi connectivity index (χ3v) is 2.07. The molecule has 0 radical (unpaired) electrons. The fraction of sp³-hybridized carbons (Fsp3) is 0.375. The minimum absolute atomic E-state index is 0.0275. The SMILES string of the molecule is COc1c(C(F)F)ncc(CO)c1Cl. The van der Waals surface area contributed by atoms with Crippen LogP contribution in [0.25, 0.3) is 0 Å². The van der Waals surface area contributed by atoms with Crippen molar-refractivity contribution in [3.05, 3.63) is 22.5 Å². The Morgan fingerprint density at radius 3 is 2.71 bits per heavy atom. The first-order valence-corrected chi connectivity index (χ1v) is 4.09. The van der Waals surface area contributed by atoms with E-state index in [2.05, 4.69) is 4.98 Å². The van der Waals surface area contributed by atoms with Crippen LogP contribution in [0.3, 0.4) is 0 Å². The number of nitrogens with zero attached hydrogens (tertiary/aromatic N) is 1. The van der Waals surface area contributed by atoms with Gasteiger partial charge in [-0.2, -0.15) is 0 Å². The zero-order chi connectivity index (χ0) is 10.7. The molecule has 78 valence electrons. The predicted octanol–water partition coefficient (Wildman–Crippen LogP) is 2.17. The summed E-state index contributed by atoms with van der Waals surface area (Å²) in [4.78, 5) is 3.46. The highest BCUT2D eigenvalue weighted by Crippen LogP contribution is 2.35. The third-order valence-electron chi connectivity index (χ3n) is 1.65. The second-order valence-corrected chi connectivity index (χ2v) is 2.85. The van der Waals surface area contributed by atoms with E-state index in [1.54, 1.807) is 0 Å². The molecule has 6 heteroatoms. The number of aliphatic hydroxyl groups excluding tert-OH is 1. The summed E-state index contributed by atoms with van der Waals surface area (Å²) in [7, 11) is 1.22. The van der Waals surface area contributed by atoms with Gasteiger partial charge >= 0.3 is 0 Å². The molecule has 0 atom stereocenters. The molecule has 1 aromatic rings. The molecule has 1 rings (SSSR count). The molecule has 1 aromatic heterocycles. The summed E-state index contributed by atoms with van der Waals surface area (Å²) in [5, 5.41) is 8.77. The lowest BCUT2D eigenvalue weighted by molar-refractivity contribution is 0.141. The van der Waals surface area contributed by atoms with E-state index in [-0.39, 0.29) is 22.9 Å². The van der Waals surface area contributed by atoms with Gasteiger partial charge in [0, 0.05) is 11.8 Å². The number of pyridine rings is 1.